The average molecular weight is 312 g/mol. The maximum atomic E-state index is 11.9. The standard InChI is InChI=1S/C17H20N4O2/c1-3-16-18-9-14(10-19-16)21-17(22)20-8-12-4-5-15-13(7-12)6-11(2)23-15/h4-5,7,9-11H,3,6,8H2,1-2H3,(H2,20,21,22). The summed E-state index contributed by atoms with van der Waals surface area (Å²) in [6.07, 6.45) is 5.13. The molecule has 2 heterocycles. The first-order valence-electron chi connectivity index (χ1n) is 7.78. The number of nitrogens with zero attached hydrogens (tertiary/aromatic N) is 2. The number of aromatic nitrogens is 2. The largest absolute Gasteiger partial charge is 0.490 e. The first-order chi connectivity index (χ1) is 11.1. The number of aryl methyl sites for hydroxylation is 1. The van der Waals surface area contributed by atoms with Crippen molar-refractivity contribution in [3.8, 4) is 5.75 Å². The highest BCUT2D eigenvalue weighted by molar-refractivity contribution is 5.88. The average Bonchev–Trinajstić information content (AvgIpc) is 2.93. The Labute approximate surface area is 135 Å². The van der Waals surface area contributed by atoms with Crippen LogP contribution in [-0.4, -0.2) is 22.1 Å². The summed E-state index contributed by atoms with van der Waals surface area (Å²) in [6.45, 7) is 4.50. The van der Waals surface area contributed by atoms with Crippen LogP contribution < -0.4 is 15.4 Å². The van der Waals surface area contributed by atoms with Crippen molar-refractivity contribution in [3.05, 3.63) is 47.5 Å². The summed E-state index contributed by atoms with van der Waals surface area (Å²) in [6, 6.07) is 5.74. The van der Waals surface area contributed by atoms with Crippen LogP contribution in [0.2, 0.25) is 0 Å². The van der Waals surface area contributed by atoms with Gasteiger partial charge in [-0.25, -0.2) is 14.8 Å². The summed E-state index contributed by atoms with van der Waals surface area (Å²) in [4.78, 5) is 20.2. The predicted octanol–water partition coefficient (Wildman–Crippen LogP) is 2.68. The number of urea groups is 1. The Morgan fingerprint density at radius 3 is 2.87 bits per heavy atom. The molecule has 6 heteroatoms. The van der Waals surface area contributed by atoms with Crippen molar-refractivity contribution in [1.82, 2.24) is 15.3 Å². The molecule has 0 aliphatic carbocycles. The van der Waals surface area contributed by atoms with Gasteiger partial charge in [0.2, 0.25) is 0 Å². The van der Waals surface area contributed by atoms with E-state index in [2.05, 4.69) is 33.6 Å². The lowest BCUT2D eigenvalue weighted by Crippen LogP contribution is -2.28. The van der Waals surface area contributed by atoms with Crippen molar-refractivity contribution >= 4 is 11.7 Å². The molecule has 2 N–H and O–H groups in total. The lowest BCUT2D eigenvalue weighted by Gasteiger charge is -2.08. The van der Waals surface area contributed by atoms with E-state index in [4.69, 9.17) is 4.74 Å². The van der Waals surface area contributed by atoms with Crippen LogP contribution >= 0.6 is 0 Å². The SMILES string of the molecule is CCc1ncc(NC(=O)NCc2ccc3c(c2)CC(C)O3)cn1. The normalized spacial score (nSPS) is 15.7. The minimum absolute atomic E-state index is 0.225. The summed E-state index contributed by atoms with van der Waals surface area (Å²) in [5.74, 6) is 1.70. The van der Waals surface area contributed by atoms with Gasteiger partial charge in [-0.2, -0.15) is 0 Å². The Balaban J connectivity index is 1.53. The molecule has 0 saturated carbocycles. The number of hydrogen-bond donors (Lipinski definition) is 2. The van der Waals surface area contributed by atoms with Crippen LogP contribution in [0.3, 0.4) is 0 Å². The van der Waals surface area contributed by atoms with Gasteiger partial charge in [0.25, 0.3) is 0 Å². The van der Waals surface area contributed by atoms with E-state index in [0.29, 0.717) is 12.2 Å². The quantitative estimate of drug-likeness (QED) is 0.910. The molecule has 6 nitrogen and oxygen atoms in total. The van der Waals surface area contributed by atoms with Gasteiger partial charge < -0.3 is 15.4 Å². The fourth-order valence-corrected chi connectivity index (χ4v) is 2.54. The summed E-state index contributed by atoms with van der Waals surface area (Å²) < 4.78 is 5.67. The first kappa shape index (κ1) is 15.3. The molecule has 2 aromatic rings. The zero-order valence-electron chi connectivity index (χ0n) is 13.3. The van der Waals surface area contributed by atoms with Gasteiger partial charge in [-0.1, -0.05) is 19.1 Å². The lowest BCUT2D eigenvalue weighted by molar-refractivity contribution is 0.251. The van der Waals surface area contributed by atoms with Crippen LogP contribution in [0.15, 0.2) is 30.6 Å². The molecule has 1 aliphatic heterocycles. The van der Waals surface area contributed by atoms with Gasteiger partial charge in [-0.3, -0.25) is 0 Å². The minimum atomic E-state index is -0.275. The maximum Gasteiger partial charge on any atom is 0.319 e. The topological polar surface area (TPSA) is 76.1 Å². The van der Waals surface area contributed by atoms with Crippen molar-refractivity contribution in [2.45, 2.75) is 39.3 Å². The van der Waals surface area contributed by atoms with Crippen LogP contribution in [0.4, 0.5) is 10.5 Å². The first-order valence-corrected chi connectivity index (χ1v) is 7.78. The molecule has 3 rings (SSSR count). The van der Waals surface area contributed by atoms with Crippen LogP contribution in [0, 0.1) is 0 Å². The van der Waals surface area contributed by atoms with Crippen LogP contribution in [-0.2, 0) is 19.4 Å². The van der Waals surface area contributed by atoms with Gasteiger partial charge in [0, 0.05) is 19.4 Å². The number of nitrogens with one attached hydrogen (secondary N) is 2. The number of carbonyl (C=O) groups is 1. The molecule has 1 aliphatic rings. The molecule has 2 amide bonds. The third-order valence-electron chi connectivity index (χ3n) is 3.69. The molecule has 1 aromatic carbocycles. The Hall–Kier alpha value is -2.63. The van der Waals surface area contributed by atoms with E-state index in [1.54, 1.807) is 12.4 Å². The lowest BCUT2D eigenvalue weighted by atomic mass is 10.1. The van der Waals surface area contributed by atoms with Crippen molar-refractivity contribution in [1.29, 1.82) is 0 Å². The fraction of sp³-hybridized carbons (Fsp3) is 0.353. The van der Waals surface area contributed by atoms with E-state index in [1.807, 2.05) is 19.1 Å². The van der Waals surface area contributed by atoms with Crippen molar-refractivity contribution in [2.24, 2.45) is 0 Å². The molecule has 0 bridgehead atoms. The zero-order chi connectivity index (χ0) is 16.2. The Morgan fingerprint density at radius 2 is 2.13 bits per heavy atom. The number of rotatable bonds is 4. The Morgan fingerprint density at radius 1 is 1.35 bits per heavy atom. The zero-order valence-corrected chi connectivity index (χ0v) is 13.3. The number of carbonyl (C=O) groups excluding carboxylic acids is 1. The number of ether oxygens (including phenoxy) is 1. The summed E-state index contributed by atoms with van der Waals surface area (Å²) >= 11 is 0. The highest BCUT2D eigenvalue weighted by atomic mass is 16.5. The van der Waals surface area contributed by atoms with E-state index in [0.717, 1.165) is 30.0 Å². The van der Waals surface area contributed by atoms with Crippen LogP contribution in [0.25, 0.3) is 0 Å². The Kier molecular flexibility index (Phi) is 4.41. The smallest absolute Gasteiger partial charge is 0.319 e. The second kappa shape index (κ2) is 6.64. The molecule has 120 valence electrons. The molecule has 0 radical (unpaired) electrons. The van der Waals surface area contributed by atoms with Gasteiger partial charge in [0.05, 0.1) is 18.1 Å². The van der Waals surface area contributed by atoms with E-state index in [9.17, 15) is 4.79 Å². The number of amides is 2. The van der Waals surface area contributed by atoms with Gasteiger partial charge in [0.1, 0.15) is 17.7 Å². The molecule has 1 unspecified atom stereocenters. The molecular formula is C17H20N4O2. The third kappa shape index (κ3) is 3.77. The summed E-state index contributed by atoms with van der Waals surface area (Å²) in [5.41, 5.74) is 2.82. The monoisotopic (exact) mass is 312 g/mol. The number of hydrogen-bond acceptors (Lipinski definition) is 4. The molecule has 0 fully saturated rings. The molecule has 0 spiro atoms. The molecular weight excluding hydrogens is 292 g/mol. The van der Waals surface area contributed by atoms with E-state index in [1.165, 1.54) is 5.56 Å². The van der Waals surface area contributed by atoms with E-state index >= 15 is 0 Å². The van der Waals surface area contributed by atoms with E-state index in [-0.39, 0.29) is 12.1 Å². The summed E-state index contributed by atoms with van der Waals surface area (Å²) in [7, 11) is 0. The van der Waals surface area contributed by atoms with Gasteiger partial charge >= 0.3 is 6.03 Å². The minimum Gasteiger partial charge on any atom is -0.490 e. The number of fused-ring (bicyclic) bond motifs is 1. The predicted molar refractivity (Wildman–Crippen MR) is 87.5 cm³/mol. The van der Waals surface area contributed by atoms with E-state index < -0.39 is 0 Å². The highest BCUT2D eigenvalue weighted by Crippen LogP contribution is 2.29. The van der Waals surface area contributed by atoms with Crippen molar-refractivity contribution in [3.63, 3.8) is 0 Å². The maximum absolute atomic E-state index is 11.9. The number of benzene rings is 1. The fourth-order valence-electron chi connectivity index (χ4n) is 2.54. The number of anilines is 1. The van der Waals surface area contributed by atoms with Crippen LogP contribution in [0.1, 0.15) is 30.8 Å². The second-order valence-corrected chi connectivity index (χ2v) is 5.62. The third-order valence-corrected chi connectivity index (χ3v) is 3.69. The molecule has 1 aromatic heterocycles. The van der Waals surface area contributed by atoms with Crippen molar-refractivity contribution in [2.75, 3.05) is 5.32 Å². The van der Waals surface area contributed by atoms with Crippen molar-refractivity contribution < 1.29 is 9.53 Å². The van der Waals surface area contributed by atoms with Crippen LogP contribution in [0.5, 0.6) is 5.75 Å². The molecule has 1 atom stereocenters. The van der Waals surface area contributed by atoms with Gasteiger partial charge in [0.15, 0.2) is 0 Å². The summed E-state index contributed by atoms with van der Waals surface area (Å²) in [5, 5.41) is 5.56. The Bertz CT molecular complexity index is 700. The van der Waals surface area contributed by atoms with Gasteiger partial charge in [-0.15, -0.1) is 0 Å². The molecule has 23 heavy (non-hydrogen) atoms. The second-order valence-electron chi connectivity index (χ2n) is 5.62. The highest BCUT2D eigenvalue weighted by Gasteiger charge is 2.18. The van der Waals surface area contributed by atoms with Gasteiger partial charge in [-0.05, 0) is 24.1 Å². The molecule has 0 saturated heterocycles.